The zero-order valence-electron chi connectivity index (χ0n) is 14.5. The van der Waals surface area contributed by atoms with Crippen molar-refractivity contribution < 1.29 is 34.6 Å². The van der Waals surface area contributed by atoms with Crippen LogP contribution in [0, 0.1) is 12.1 Å². The van der Waals surface area contributed by atoms with Gasteiger partial charge in [-0.2, -0.15) is 12.1 Å². The summed E-state index contributed by atoms with van der Waals surface area (Å²) in [5.41, 5.74) is 0. The van der Waals surface area contributed by atoms with E-state index >= 15 is 0 Å². The van der Waals surface area contributed by atoms with E-state index in [-0.39, 0.29) is 20.4 Å². The van der Waals surface area contributed by atoms with Crippen LogP contribution >= 0.6 is 0 Å². The van der Waals surface area contributed by atoms with Crippen LogP contribution in [0.3, 0.4) is 0 Å². The Morgan fingerprint density at radius 2 is 0.929 bits per heavy atom. The molecule has 4 rings (SSSR count). The smallest absolute Gasteiger partial charge is 0.509 e. The summed E-state index contributed by atoms with van der Waals surface area (Å²) in [6.45, 7) is 0. The molecular weight excluding hydrogens is 447 g/mol. The minimum Gasteiger partial charge on any atom is -0.509 e. The van der Waals surface area contributed by atoms with Crippen molar-refractivity contribution in [3.05, 3.63) is 97.3 Å². The molecule has 0 saturated heterocycles. The van der Waals surface area contributed by atoms with E-state index in [4.69, 9.17) is 14.2 Å². The zero-order valence-corrected chi connectivity index (χ0v) is 16.1. The fourth-order valence-corrected chi connectivity index (χ4v) is 2.25. The van der Waals surface area contributed by atoms with Crippen molar-refractivity contribution in [2.75, 3.05) is 0 Å². The molecule has 2 heterocycles. The summed E-state index contributed by atoms with van der Waals surface area (Å²) in [6, 6.07) is 27.8. The number of hydrogen-bond acceptors (Lipinski definition) is 5. The van der Waals surface area contributed by atoms with E-state index in [1.54, 1.807) is 48.8 Å². The van der Waals surface area contributed by atoms with Gasteiger partial charge in [0, 0.05) is 47.5 Å². The van der Waals surface area contributed by atoms with Crippen LogP contribution in [0.1, 0.15) is 0 Å². The quantitative estimate of drug-likeness (QED) is 0.283. The predicted molar refractivity (Wildman–Crippen MR) is 99.3 cm³/mol. The normalized spacial score (nSPS) is 9.86. The van der Waals surface area contributed by atoms with Gasteiger partial charge in [-0.15, -0.1) is 24.3 Å². The number of rotatable bonds is 6. The number of hydrogen-bond donors (Lipinski definition) is 0. The van der Waals surface area contributed by atoms with E-state index in [0.717, 1.165) is 0 Å². The Bertz CT molecular complexity index is 931. The molecule has 4 aromatic rings. The van der Waals surface area contributed by atoms with Gasteiger partial charge < -0.3 is 14.2 Å². The Balaban J connectivity index is 0.00000225. The minimum absolute atomic E-state index is 0. The molecule has 6 heteroatoms. The van der Waals surface area contributed by atoms with E-state index in [2.05, 4.69) is 22.1 Å². The number of aromatic nitrogens is 2. The van der Waals surface area contributed by atoms with E-state index in [0.29, 0.717) is 34.8 Å². The van der Waals surface area contributed by atoms with E-state index < -0.39 is 0 Å². The number of pyridine rings is 2. The number of benzene rings is 2. The second kappa shape index (κ2) is 9.66. The summed E-state index contributed by atoms with van der Waals surface area (Å²) in [7, 11) is 0. The fraction of sp³-hybridized carbons (Fsp3) is 0. The summed E-state index contributed by atoms with van der Waals surface area (Å²) in [5.74, 6) is 2.98. The third-order valence-electron chi connectivity index (χ3n) is 3.41. The molecule has 0 N–H and O–H groups in total. The van der Waals surface area contributed by atoms with Gasteiger partial charge in [0.2, 0.25) is 11.8 Å². The minimum atomic E-state index is 0. The first-order valence-electron chi connectivity index (χ1n) is 8.25. The standard InChI is InChI=1S/C22H14N2O3.Pd/c1-3-13-23-21(11-1)26-19-9-5-7-17(15-19)25-18-8-6-10-20(16-18)27-22-12-2-4-14-24-22;/h1-14H;/q-2;+2. The maximum atomic E-state index is 5.82. The van der Waals surface area contributed by atoms with Crippen molar-refractivity contribution in [2.45, 2.75) is 0 Å². The zero-order chi connectivity index (χ0) is 18.3. The molecule has 2 aromatic carbocycles. The second-order valence-electron chi connectivity index (χ2n) is 5.40. The van der Waals surface area contributed by atoms with E-state index in [1.807, 2.05) is 36.4 Å². The third-order valence-corrected chi connectivity index (χ3v) is 3.41. The van der Waals surface area contributed by atoms with E-state index in [9.17, 15) is 0 Å². The predicted octanol–water partition coefficient (Wildman–Crippen LogP) is 5.45. The Labute approximate surface area is 176 Å². The molecule has 0 spiro atoms. The summed E-state index contributed by atoms with van der Waals surface area (Å²) in [5, 5.41) is 0. The Kier molecular flexibility index (Phi) is 6.75. The van der Waals surface area contributed by atoms with Gasteiger partial charge in [0.05, 0.1) is 0 Å². The van der Waals surface area contributed by atoms with Crippen LogP contribution in [-0.2, 0) is 20.4 Å². The second-order valence-corrected chi connectivity index (χ2v) is 5.40. The Hall–Kier alpha value is -3.20. The molecular formula is C22H14N2O3Pd. The molecule has 0 bridgehead atoms. The number of ether oxygens (including phenoxy) is 3. The monoisotopic (exact) mass is 460 g/mol. The van der Waals surface area contributed by atoms with Crippen LogP contribution in [0.2, 0.25) is 0 Å². The van der Waals surface area contributed by atoms with Gasteiger partial charge in [0.25, 0.3) is 0 Å². The van der Waals surface area contributed by atoms with Gasteiger partial charge in [-0.3, -0.25) is 0 Å². The third kappa shape index (κ3) is 5.40. The topological polar surface area (TPSA) is 53.5 Å². The summed E-state index contributed by atoms with van der Waals surface area (Å²) in [4.78, 5) is 8.25. The first kappa shape index (κ1) is 19.6. The van der Waals surface area contributed by atoms with Crippen molar-refractivity contribution in [1.29, 1.82) is 0 Å². The first-order chi connectivity index (χ1) is 13.3. The molecule has 5 nitrogen and oxygen atoms in total. The van der Waals surface area contributed by atoms with Crippen molar-refractivity contribution in [3.8, 4) is 34.8 Å². The summed E-state index contributed by atoms with van der Waals surface area (Å²) >= 11 is 0. The van der Waals surface area contributed by atoms with Crippen LogP contribution in [0.25, 0.3) is 0 Å². The van der Waals surface area contributed by atoms with Crippen LogP contribution in [0.4, 0.5) is 0 Å². The van der Waals surface area contributed by atoms with Gasteiger partial charge in [0.1, 0.15) is 0 Å². The van der Waals surface area contributed by atoms with Crippen molar-refractivity contribution >= 4 is 0 Å². The molecule has 0 fully saturated rings. The van der Waals surface area contributed by atoms with Crippen molar-refractivity contribution in [1.82, 2.24) is 9.97 Å². The maximum Gasteiger partial charge on any atom is 2.00 e. The van der Waals surface area contributed by atoms with Gasteiger partial charge >= 0.3 is 20.4 Å². The Morgan fingerprint density at radius 3 is 1.32 bits per heavy atom. The molecule has 0 radical (unpaired) electrons. The van der Waals surface area contributed by atoms with Crippen LogP contribution in [0.15, 0.2) is 85.2 Å². The Morgan fingerprint density at radius 1 is 0.500 bits per heavy atom. The van der Waals surface area contributed by atoms with Gasteiger partial charge in [0.15, 0.2) is 0 Å². The molecule has 2 aromatic heterocycles. The van der Waals surface area contributed by atoms with Crippen molar-refractivity contribution in [3.63, 3.8) is 0 Å². The molecule has 28 heavy (non-hydrogen) atoms. The maximum absolute atomic E-state index is 5.82. The first-order valence-corrected chi connectivity index (χ1v) is 8.25. The molecule has 0 unspecified atom stereocenters. The number of nitrogens with zero attached hydrogens (tertiary/aromatic N) is 2. The molecule has 0 aliphatic rings. The fourth-order valence-electron chi connectivity index (χ4n) is 2.25. The molecule has 0 amide bonds. The van der Waals surface area contributed by atoms with Crippen LogP contribution < -0.4 is 14.2 Å². The SMILES string of the molecule is [Pd+2].[c-]1c(Oc2[c-]c(Oc3ccccn3)ccc2)cccc1Oc1ccccn1. The van der Waals surface area contributed by atoms with Gasteiger partial charge in [-0.05, 0) is 12.1 Å². The van der Waals surface area contributed by atoms with E-state index in [1.165, 1.54) is 0 Å². The van der Waals surface area contributed by atoms with Crippen molar-refractivity contribution in [2.24, 2.45) is 0 Å². The summed E-state index contributed by atoms with van der Waals surface area (Å²) < 4.78 is 17.2. The molecule has 0 saturated carbocycles. The molecule has 140 valence electrons. The average molecular weight is 461 g/mol. The van der Waals surface area contributed by atoms with Crippen LogP contribution in [0.5, 0.6) is 34.8 Å². The molecule has 0 atom stereocenters. The summed E-state index contributed by atoms with van der Waals surface area (Å²) in [6.07, 6.45) is 3.33. The van der Waals surface area contributed by atoms with Crippen LogP contribution in [-0.4, -0.2) is 9.97 Å². The molecule has 0 aliphatic heterocycles. The van der Waals surface area contributed by atoms with Gasteiger partial charge in [-0.25, -0.2) is 9.97 Å². The molecule has 0 aliphatic carbocycles. The largest absolute Gasteiger partial charge is 2.00 e. The average Bonchev–Trinajstić information content (AvgIpc) is 2.70. The van der Waals surface area contributed by atoms with Gasteiger partial charge in [-0.1, -0.05) is 24.3 Å².